The average Bonchev–Trinajstić information content (AvgIpc) is 2.58. The standard InChI is InChI=1S/C22H23N/c1-17-8-5-9-19(16-17)10-7-15-23-18(2)21-14-6-12-20-11-3-4-13-22(20)21/h3-14,16,18,23H,15H2,1-2H3/t18-/m1/s1. The Balaban J connectivity index is 1.66. The minimum Gasteiger partial charge on any atom is -0.307 e. The van der Waals surface area contributed by atoms with Crippen LogP contribution in [0.15, 0.2) is 72.8 Å². The van der Waals surface area contributed by atoms with E-state index in [2.05, 4.69) is 98.0 Å². The monoisotopic (exact) mass is 301 g/mol. The van der Waals surface area contributed by atoms with Crippen molar-refractivity contribution in [2.45, 2.75) is 19.9 Å². The Kier molecular flexibility index (Phi) is 4.89. The van der Waals surface area contributed by atoms with Crippen LogP contribution in [-0.2, 0) is 0 Å². The fourth-order valence-electron chi connectivity index (χ4n) is 2.95. The molecule has 0 heterocycles. The van der Waals surface area contributed by atoms with Crippen molar-refractivity contribution in [2.75, 3.05) is 6.54 Å². The smallest absolute Gasteiger partial charge is 0.0300 e. The van der Waals surface area contributed by atoms with Crippen LogP contribution in [-0.4, -0.2) is 6.54 Å². The minimum atomic E-state index is 0.322. The van der Waals surface area contributed by atoms with E-state index in [1.807, 2.05) is 0 Å². The van der Waals surface area contributed by atoms with Crippen LogP contribution >= 0.6 is 0 Å². The summed E-state index contributed by atoms with van der Waals surface area (Å²) in [6.45, 7) is 5.21. The predicted molar refractivity (Wildman–Crippen MR) is 101 cm³/mol. The SMILES string of the molecule is Cc1cccc(C=CCN[C@H](C)c2cccc3ccccc23)c1. The maximum Gasteiger partial charge on any atom is 0.0300 e. The molecule has 3 rings (SSSR count). The normalized spacial score (nSPS) is 12.8. The lowest BCUT2D eigenvalue weighted by atomic mass is 10.00. The zero-order chi connectivity index (χ0) is 16.1. The van der Waals surface area contributed by atoms with Crippen LogP contribution < -0.4 is 5.32 Å². The molecule has 0 aliphatic carbocycles. The van der Waals surface area contributed by atoms with Gasteiger partial charge in [-0.1, -0.05) is 84.4 Å². The molecule has 0 unspecified atom stereocenters. The van der Waals surface area contributed by atoms with Crippen LogP contribution in [0.5, 0.6) is 0 Å². The van der Waals surface area contributed by atoms with Crippen molar-refractivity contribution in [2.24, 2.45) is 0 Å². The molecule has 0 amide bonds. The largest absolute Gasteiger partial charge is 0.307 e. The van der Waals surface area contributed by atoms with Gasteiger partial charge in [-0.05, 0) is 35.7 Å². The summed E-state index contributed by atoms with van der Waals surface area (Å²) in [5, 5.41) is 6.22. The van der Waals surface area contributed by atoms with Crippen molar-refractivity contribution in [3.8, 4) is 0 Å². The molecule has 1 nitrogen and oxygen atoms in total. The van der Waals surface area contributed by atoms with Crippen molar-refractivity contribution in [1.29, 1.82) is 0 Å². The van der Waals surface area contributed by atoms with E-state index in [4.69, 9.17) is 0 Å². The van der Waals surface area contributed by atoms with Gasteiger partial charge in [-0.15, -0.1) is 0 Å². The van der Waals surface area contributed by atoms with E-state index in [9.17, 15) is 0 Å². The molecular weight excluding hydrogens is 278 g/mol. The molecule has 0 spiro atoms. The van der Waals surface area contributed by atoms with Gasteiger partial charge in [0.1, 0.15) is 0 Å². The molecule has 23 heavy (non-hydrogen) atoms. The molecule has 1 atom stereocenters. The zero-order valence-electron chi connectivity index (χ0n) is 13.8. The topological polar surface area (TPSA) is 12.0 Å². The van der Waals surface area contributed by atoms with Gasteiger partial charge in [0.2, 0.25) is 0 Å². The third kappa shape index (κ3) is 3.88. The Hall–Kier alpha value is -2.38. The van der Waals surface area contributed by atoms with Crippen LogP contribution in [0, 0.1) is 6.92 Å². The lowest BCUT2D eigenvalue weighted by Crippen LogP contribution is -2.18. The van der Waals surface area contributed by atoms with E-state index in [1.54, 1.807) is 0 Å². The molecule has 0 saturated heterocycles. The number of hydrogen-bond acceptors (Lipinski definition) is 1. The third-order valence-corrected chi connectivity index (χ3v) is 4.18. The van der Waals surface area contributed by atoms with Crippen LogP contribution in [0.25, 0.3) is 16.8 Å². The van der Waals surface area contributed by atoms with Gasteiger partial charge in [0, 0.05) is 12.6 Å². The van der Waals surface area contributed by atoms with Gasteiger partial charge < -0.3 is 5.32 Å². The fourth-order valence-corrected chi connectivity index (χ4v) is 2.95. The molecule has 0 aliphatic heterocycles. The number of rotatable bonds is 5. The molecular formula is C22H23N. The predicted octanol–water partition coefficient (Wildman–Crippen LogP) is 5.51. The van der Waals surface area contributed by atoms with Gasteiger partial charge >= 0.3 is 0 Å². The lowest BCUT2D eigenvalue weighted by molar-refractivity contribution is 0.622. The average molecular weight is 301 g/mol. The second kappa shape index (κ2) is 7.26. The number of nitrogens with one attached hydrogen (secondary N) is 1. The van der Waals surface area contributed by atoms with Crippen LogP contribution in [0.2, 0.25) is 0 Å². The third-order valence-electron chi connectivity index (χ3n) is 4.18. The van der Waals surface area contributed by atoms with E-state index >= 15 is 0 Å². The Morgan fingerprint density at radius 3 is 2.61 bits per heavy atom. The highest BCUT2D eigenvalue weighted by molar-refractivity contribution is 5.86. The lowest BCUT2D eigenvalue weighted by Gasteiger charge is -2.15. The second-order valence-electron chi connectivity index (χ2n) is 6.01. The van der Waals surface area contributed by atoms with Crippen LogP contribution in [0.3, 0.4) is 0 Å². The summed E-state index contributed by atoms with van der Waals surface area (Å²) in [4.78, 5) is 0. The molecule has 0 bridgehead atoms. The van der Waals surface area contributed by atoms with Gasteiger partial charge in [0.25, 0.3) is 0 Å². The summed E-state index contributed by atoms with van der Waals surface area (Å²) in [7, 11) is 0. The summed E-state index contributed by atoms with van der Waals surface area (Å²) in [5.41, 5.74) is 3.90. The van der Waals surface area contributed by atoms with E-state index in [-0.39, 0.29) is 0 Å². The molecule has 1 heteroatoms. The fraction of sp³-hybridized carbons (Fsp3) is 0.182. The molecule has 116 valence electrons. The Morgan fingerprint density at radius 1 is 0.957 bits per heavy atom. The first-order valence-electron chi connectivity index (χ1n) is 8.18. The van der Waals surface area contributed by atoms with E-state index in [1.165, 1.54) is 27.5 Å². The first-order valence-corrected chi connectivity index (χ1v) is 8.18. The van der Waals surface area contributed by atoms with Crippen molar-refractivity contribution >= 4 is 16.8 Å². The number of fused-ring (bicyclic) bond motifs is 1. The second-order valence-corrected chi connectivity index (χ2v) is 6.01. The van der Waals surface area contributed by atoms with Gasteiger partial charge in [0.05, 0.1) is 0 Å². The molecule has 0 fully saturated rings. The van der Waals surface area contributed by atoms with Gasteiger partial charge in [-0.2, -0.15) is 0 Å². The van der Waals surface area contributed by atoms with Crippen molar-refractivity contribution < 1.29 is 0 Å². The molecule has 0 saturated carbocycles. The molecule has 3 aromatic rings. The van der Waals surface area contributed by atoms with E-state index in [0.29, 0.717) is 6.04 Å². The summed E-state index contributed by atoms with van der Waals surface area (Å²) in [6.07, 6.45) is 4.37. The highest BCUT2D eigenvalue weighted by Crippen LogP contribution is 2.23. The molecule has 3 aromatic carbocycles. The molecule has 0 radical (unpaired) electrons. The number of benzene rings is 3. The number of hydrogen-bond donors (Lipinski definition) is 1. The summed E-state index contributed by atoms with van der Waals surface area (Å²) in [5.74, 6) is 0. The Bertz CT molecular complexity index is 812. The number of aryl methyl sites for hydroxylation is 1. The van der Waals surface area contributed by atoms with Crippen LogP contribution in [0.1, 0.15) is 29.7 Å². The van der Waals surface area contributed by atoms with Gasteiger partial charge in [-0.3, -0.25) is 0 Å². The highest BCUT2D eigenvalue weighted by Gasteiger charge is 2.07. The Labute approximate surface area is 138 Å². The summed E-state index contributed by atoms with van der Waals surface area (Å²) in [6, 6.07) is 24.0. The maximum absolute atomic E-state index is 3.59. The zero-order valence-corrected chi connectivity index (χ0v) is 13.8. The van der Waals surface area contributed by atoms with Crippen molar-refractivity contribution in [3.05, 3.63) is 89.5 Å². The molecule has 0 aromatic heterocycles. The molecule has 0 aliphatic rings. The van der Waals surface area contributed by atoms with Gasteiger partial charge in [-0.25, -0.2) is 0 Å². The first kappa shape index (κ1) is 15.5. The van der Waals surface area contributed by atoms with Crippen molar-refractivity contribution in [3.63, 3.8) is 0 Å². The van der Waals surface area contributed by atoms with Crippen LogP contribution in [0.4, 0.5) is 0 Å². The van der Waals surface area contributed by atoms with E-state index in [0.717, 1.165) is 6.54 Å². The maximum atomic E-state index is 3.59. The summed E-state index contributed by atoms with van der Waals surface area (Å²) >= 11 is 0. The quantitative estimate of drug-likeness (QED) is 0.655. The summed E-state index contributed by atoms with van der Waals surface area (Å²) < 4.78 is 0. The van der Waals surface area contributed by atoms with E-state index < -0.39 is 0 Å². The first-order chi connectivity index (χ1) is 11.2. The minimum absolute atomic E-state index is 0.322. The van der Waals surface area contributed by atoms with Gasteiger partial charge in [0.15, 0.2) is 0 Å². The molecule has 1 N–H and O–H groups in total. The Morgan fingerprint density at radius 2 is 1.74 bits per heavy atom. The van der Waals surface area contributed by atoms with Crippen molar-refractivity contribution in [1.82, 2.24) is 5.32 Å². The highest BCUT2D eigenvalue weighted by atomic mass is 14.9.